The standard InChI is InChI=1S/C7H11N4O/c12-7-8-3-1-5-11-6-2-4-9-10-11/h2,4,6,10H,1,3,5H2,(H,8,12). The molecular weight excluding hydrogens is 156 g/mol. The van der Waals surface area contributed by atoms with Crippen molar-refractivity contribution in [2.24, 2.45) is 5.10 Å². The van der Waals surface area contributed by atoms with Crippen LogP contribution < -0.4 is 10.9 Å². The van der Waals surface area contributed by atoms with Crippen LogP contribution in [0.25, 0.3) is 0 Å². The van der Waals surface area contributed by atoms with E-state index in [1.807, 2.05) is 17.3 Å². The van der Waals surface area contributed by atoms with E-state index >= 15 is 0 Å². The van der Waals surface area contributed by atoms with Crippen LogP contribution in [-0.4, -0.2) is 30.7 Å². The predicted octanol–water partition coefficient (Wildman–Crippen LogP) is -0.647. The Morgan fingerprint density at radius 2 is 2.58 bits per heavy atom. The summed E-state index contributed by atoms with van der Waals surface area (Å²) in [5.74, 6) is 0. The highest BCUT2D eigenvalue weighted by Crippen LogP contribution is 1.90. The summed E-state index contributed by atoms with van der Waals surface area (Å²) in [4.78, 5) is 9.75. The molecule has 1 amide bonds. The van der Waals surface area contributed by atoms with Crippen LogP contribution in [0, 0.1) is 0 Å². The highest BCUT2D eigenvalue weighted by molar-refractivity contribution is 5.70. The van der Waals surface area contributed by atoms with Gasteiger partial charge >= 0.3 is 6.41 Å². The van der Waals surface area contributed by atoms with Crippen molar-refractivity contribution in [1.82, 2.24) is 15.9 Å². The average Bonchev–Trinajstić information content (AvgIpc) is 2.14. The second-order valence-corrected chi connectivity index (χ2v) is 2.30. The Kier molecular flexibility index (Phi) is 3.70. The minimum absolute atomic E-state index is 0.638. The lowest BCUT2D eigenvalue weighted by Crippen LogP contribution is -2.33. The molecule has 0 spiro atoms. The minimum Gasteiger partial charge on any atom is -0.348 e. The van der Waals surface area contributed by atoms with Gasteiger partial charge in [0.25, 0.3) is 0 Å². The van der Waals surface area contributed by atoms with E-state index in [4.69, 9.17) is 0 Å². The third kappa shape index (κ3) is 3.05. The van der Waals surface area contributed by atoms with Crippen molar-refractivity contribution in [3.8, 4) is 0 Å². The molecule has 0 unspecified atom stereocenters. The van der Waals surface area contributed by atoms with Gasteiger partial charge in [0.1, 0.15) is 0 Å². The van der Waals surface area contributed by atoms with Crippen LogP contribution in [-0.2, 0) is 4.79 Å². The molecule has 1 aliphatic rings. The van der Waals surface area contributed by atoms with Gasteiger partial charge in [-0.2, -0.15) is 5.10 Å². The Morgan fingerprint density at radius 1 is 1.67 bits per heavy atom. The van der Waals surface area contributed by atoms with Gasteiger partial charge in [-0.25, -0.2) is 5.53 Å². The molecule has 1 radical (unpaired) electrons. The van der Waals surface area contributed by atoms with Gasteiger partial charge < -0.3 is 5.32 Å². The summed E-state index contributed by atoms with van der Waals surface area (Å²) in [6, 6.07) is 0. The molecule has 0 aromatic carbocycles. The second-order valence-electron chi connectivity index (χ2n) is 2.30. The third-order valence-electron chi connectivity index (χ3n) is 1.39. The van der Waals surface area contributed by atoms with Crippen LogP contribution in [0.4, 0.5) is 0 Å². The fraction of sp³-hybridized carbons (Fsp3) is 0.429. The summed E-state index contributed by atoms with van der Waals surface area (Å²) >= 11 is 0. The van der Waals surface area contributed by atoms with Crippen LogP contribution in [0.3, 0.4) is 0 Å². The van der Waals surface area contributed by atoms with Gasteiger partial charge in [-0.05, 0) is 12.5 Å². The lowest BCUT2D eigenvalue weighted by molar-refractivity contribution is 0.271. The SMILES string of the molecule is O=[C]NCCCN1C=CC=NN1. The maximum absolute atomic E-state index is 9.75. The first kappa shape index (κ1) is 8.58. The molecule has 0 aromatic rings. The minimum atomic E-state index is 0.638. The van der Waals surface area contributed by atoms with E-state index in [9.17, 15) is 4.79 Å². The molecule has 1 rings (SSSR count). The van der Waals surface area contributed by atoms with Crippen molar-refractivity contribution in [3.05, 3.63) is 12.3 Å². The Hall–Kier alpha value is -1.52. The number of amides is 1. The van der Waals surface area contributed by atoms with Crippen molar-refractivity contribution in [3.63, 3.8) is 0 Å². The summed E-state index contributed by atoms with van der Waals surface area (Å²) < 4.78 is 0. The zero-order chi connectivity index (χ0) is 8.65. The van der Waals surface area contributed by atoms with Crippen LogP contribution >= 0.6 is 0 Å². The summed E-state index contributed by atoms with van der Waals surface area (Å²) in [6.07, 6.45) is 7.89. The molecule has 5 heteroatoms. The molecule has 0 atom stereocenters. The van der Waals surface area contributed by atoms with Gasteiger partial charge in [-0.15, -0.1) is 0 Å². The predicted molar refractivity (Wildman–Crippen MR) is 45.8 cm³/mol. The summed E-state index contributed by atoms with van der Waals surface area (Å²) in [5.41, 5.74) is 2.79. The Balaban J connectivity index is 2.03. The molecule has 12 heavy (non-hydrogen) atoms. The molecular formula is C7H11N4O. The number of hydrazone groups is 1. The molecule has 5 nitrogen and oxygen atoms in total. The zero-order valence-electron chi connectivity index (χ0n) is 6.66. The molecule has 0 fully saturated rings. The van der Waals surface area contributed by atoms with E-state index in [-0.39, 0.29) is 0 Å². The molecule has 2 N–H and O–H groups in total. The quantitative estimate of drug-likeness (QED) is 0.422. The molecule has 0 bridgehead atoms. The zero-order valence-corrected chi connectivity index (χ0v) is 6.66. The van der Waals surface area contributed by atoms with E-state index in [0.29, 0.717) is 6.54 Å². The number of hydrogen-bond donors (Lipinski definition) is 2. The van der Waals surface area contributed by atoms with E-state index in [0.717, 1.165) is 13.0 Å². The molecule has 0 aliphatic carbocycles. The van der Waals surface area contributed by atoms with Gasteiger partial charge in [0, 0.05) is 19.3 Å². The summed E-state index contributed by atoms with van der Waals surface area (Å²) in [5, 5.41) is 8.13. The number of carbonyl (C=O) groups excluding carboxylic acids is 1. The molecule has 0 saturated carbocycles. The highest BCUT2D eigenvalue weighted by Gasteiger charge is 1.97. The third-order valence-corrected chi connectivity index (χ3v) is 1.39. The second kappa shape index (κ2) is 5.17. The lowest BCUT2D eigenvalue weighted by Gasteiger charge is -2.20. The number of nitrogens with zero attached hydrogens (tertiary/aromatic N) is 2. The molecule has 0 saturated heterocycles. The smallest absolute Gasteiger partial charge is 0.309 e. The monoisotopic (exact) mass is 167 g/mol. The summed E-state index contributed by atoms with van der Waals surface area (Å²) in [6.45, 7) is 1.45. The van der Waals surface area contributed by atoms with E-state index in [1.165, 1.54) is 0 Å². The van der Waals surface area contributed by atoms with Gasteiger partial charge in [-0.1, -0.05) is 0 Å². The van der Waals surface area contributed by atoms with Crippen LogP contribution in [0.5, 0.6) is 0 Å². The first-order chi connectivity index (χ1) is 5.93. The Labute approximate surface area is 71.1 Å². The molecule has 0 aromatic heterocycles. The van der Waals surface area contributed by atoms with Crippen LogP contribution in [0.1, 0.15) is 6.42 Å². The van der Waals surface area contributed by atoms with Crippen LogP contribution in [0.2, 0.25) is 0 Å². The van der Waals surface area contributed by atoms with Crippen molar-refractivity contribution in [1.29, 1.82) is 0 Å². The van der Waals surface area contributed by atoms with Gasteiger partial charge in [0.05, 0.1) is 6.21 Å². The topological polar surface area (TPSA) is 56.7 Å². The number of hydrogen-bond acceptors (Lipinski definition) is 4. The first-order valence-corrected chi connectivity index (χ1v) is 3.75. The largest absolute Gasteiger partial charge is 0.348 e. The highest BCUT2D eigenvalue weighted by atomic mass is 16.1. The molecule has 65 valence electrons. The normalized spacial score (nSPS) is 14.2. The number of nitrogens with one attached hydrogen (secondary N) is 2. The molecule has 1 heterocycles. The fourth-order valence-electron chi connectivity index (χ4n) is 0.840. The lowest BCUT2D eigenvalue weighted by atomic mass is 10.4. The number of hydrazine groups is 1. The maximum Gasteiger partial charge on any atom is 0.309 e. The van der Waals surface area contributed by atoms with E-state index in [2.05, 4.69) is 16.0 Å². The first-order valence-electron chi connectivity index (χ1n) is 3.75. The van der Waals surface area contributed by atoms with Crippen molar-refractivity contribution < 1.29 is 4.79 Å². The van der Waals surface area contributed by atoms with Gasteiger partial charge in [0.2, 0.25) is 0 Å². The average molecular weight is 167 g/mol. The number of allylic oxidation sites excluding steroid dienone is 1. The van der Waals surface area contributed by atoms with Crippen molar-refractivity contribution >= 4 is 12.6 Å². The summed E-state index contributed by atoms with van der Waals surface area (Å²) in [7, 11) is 0. The van der Waals surface area contributed by atoms with Gasteiger partial charge in [0.15, 0.2) is 0 Å². The number of rotatable bonds is 5. The van der Waals surface area contributed by atoms with Crippen molar-refractivity contribution in [2.45, 2.75) is 6.42 Å². The molecule has 1 aliphatic heterocycles. The van der Waals surface area contributed by atoms with E-state index < -0.39 is 0 Å². The Bertz CT molecular complexity index is 190. The van der Waals surface area contributed by atoms with E-state index in [1.54, 1.807) is 12.6 Å². The van der Waals surface area contributed by atoms with Gasteiger partial charge in [-0.3, -0.25) is 9.80 Å². The van der Waals surface area contributed by atoms with Crippen molar-refractivity contribution in [2.75, 3.05) is 13.1 Å². The fourth-order valence-corrected chi connectivity index (χ4v) is 0.840. The van der Waals surface area contributed by atoms with Crippen LogP contribution in [0.15, 0.2) is 17.4 Å². The Morgan fingerprint density at radius 3 is 3.25 bits per heavy atom. The maximum atomic E-state index is 9.75.